The van der Waals surface area contributed by atoms with Crippen LogP contribution in [0.2, 0.25) is 0 Å². The number of aliphatic hydroxyl groups is 5. The predicted molar refractivity (Wildman–Crippen MR) is 125 cm³/mol. The van der Waals surface area contributed by atoms with Gasteiger partial charge in [-0.1, -0.05) is 40.5 Å². The summed E-state index contributed by atoms with van der Waals surface area (Å²) < 4.78 is 0. The molecule has 5 heteroatoms. The molecular weight excluding hydrogens is 404 g/mol. The lowest BCUT2D eigenvalue weighted by Gasteiger charge is -2.62. The number of hydrogen-bond acceptors (Lipinski definition) is 5. The Labute approximate surface area is 194 Å². The molecule has 0 radical (unpaired) electrons. The Morgan fingerprint density at radius 1 is 0.844 bits per heavy atom. The fourth-order valence-electron chi connectivity index (χ4n) is 9.45. The summed E-state index contributed by atoms with van der Waals surface area (Å²) in [7, 11) is 0. The van der Waals surface area contributed by atoms with Gasteiger partial charge in [-0.05, 0) is 97.2 Å². The monoisotopic (exact) mass is 452 g/mol. The van der Waals surface area contributed by atoms with Gasteiger partial charge < -0.3 is 25.5 Å². The molecule has 5 N–H and O–H groups in total. The highest BCUT2D eigenvalue weighted by atomic mass is 16.3. The van der Waals surface area contributed by atoms with E-state index in [1.54, 1.807) is 0 Å². The number of fused-ring (bicyclic) bond motifs is 5. The molecule has 4 fully saturated rings. The van der Waals surface area contributed by atoms with Crippen LogP contribution >= 0.6 is 0 Å². The van der Waals surface area contributed by atoms with E-state index in [1.807, 2.05) is 0 Å². The summed E-state index contributed by atoms with van der Waals surface area (Å²) in [5, 5.41) is 53.4. The maximum absolute atomic E-state index is 11.4. The first kappa shape index (κ1) is 24.9. The average molecular weight is 453 g/mol. The third kappa shape index (κ3) is 3.88. The van der Waals surface area contributed by atoms with E-state index in [9.17, 15) is 25.5 Å². The summed E-state index contributed by atoms with van der Waals surface area (Å²) in [6.07, 6.45) is 6.14. The lowest BCUT2D eigenvalue weighted by atomic mass is 9.43. The van der Waals surface area contributed by atoms with Crippen LogP contribution in [0.15, 0.2) is 0 Å². The molecule has 0 spiro atoms. The van der Waals surface area contributed by atoms with Gasteiger partial charge in [0, 0.05) is 6.61 Å². The third-order valence-corrected chi connectivity index (χ3v) is 11.1. The van der Waals surface area contributed by atoms with Crippen molar-refractivity contribution in [2.75, 3.05) is 6.61 Å². The van der Waals surface area contributed by atoms with Gasteiger partial charge in [0.05, 0.1) is 24.4 Å². The van der Waals surface area contributed by atoms with Crippen LogP contribution in [0.25, 0.3) is 0 Å². The van der Waals surface area contributed by atoms with Gasteiger partial charge in [-0.25, -0.2) is 0 Å². The highest BCUT2D eigenvalue weighted by molar-refractivity contribution is 5.15. The zero-order valence-corrected chi connectivity index (χ0v) is 20.7. The van der Waals surface area contributed by atoms with Crippen molar-refractivity contribution >= 4 is 0 Å². The molecule has 4 saturated carbocycles. The Morgan fingerprint density at radius 2 is 1.53 bits per heavy atom. The Bertz CT molecular complexity index is 656. The van der Waals surface area contributed by atoms with Crippen LogP contribution in [0.4, 0.5) is 0 Å². The minimum atomic E-state index is -0.724. The predicted octanol–water partition coefficient (Wildman–Crippen LogP) is 3.35. The second kappa shape index (κ2) is 9.11. The molecule has 186 valence electrons. The summed E-state index contributed by atoms with van der Waals surface area (Å²) in [5.74, 6) is 1.55. The van der Waals surface area contributed by atoms with Crippen molar-refractivity contribution in [3.8, 4) is 0 Å². The molecule has 0 heterocycles. The average Bonchev–Trinajstić information content (AvgIpc) is 2.94. The molecule has 0 aromatic heterocycles. The van der Waals surface area contributed by atoms with E-state index in [0.717, 1.165) is 44.9 Å². The van der Waals surface area contributed by atoms with Crippen LogP contribution in [0.3, 0.4) is 0 Å². The number of hydrogen-bond donors (Lipinski definition) is 5. The molecule has 32 heavy (non-hydrogen) atoms. The SMILES string of the molecule is C[C@H](CO)CCC[C@@H](C)[C@H]1[C@@H](O)[C@@H](O)[C@H]2[C@@H]3C[C@H](O)[C@H]4C[C@@H](O)CC[C@]4(C)[C@H]3CC[C@]12C. The smallest absolute Gasteiger partial charge is 0.0838 e. The van der Waals surface area contributed by atoms with Crippen molar-refractivity contribution in [2.24, 2.45) is 52.3 Å². The normalized spacial score (nSPS) is 52.6. The van der Waals surface area contributed by atoms with Gasteiger partial charge in [-0.2, -0.15) is 0 Å². The second-order valence-electron chi connectivity index (χ2n) is 12.9. The van der Waals surface area contributed by atoms with Gasteiger partial charge in [-0.15, -0.1) is 0 Å². The van der Waals surface area contributed by atoms with Crippen LogP contribution in [0, 0.1) is 52.3 Å². The lowest BCUT2D eigenvalue weighted by molar-refractivity contribution is -0.181. The van der Waals surface area contributed by atoms with Crippen LogP contribution in [-0.2, 0) is 0 Å². The van der Waals surface area contributed by atoms with E-state index >= 15 is 0 Å². The molecule has 0 amide bonds. The van der Waals surface area contributed by atoms with Crippen LogP contribution in [0.1, 0.15) is 85.5 Å². The quantitative estimate of drug-likeness (QED) is 0.425. The molecule has 0 aromatic rings. The summed E-state index contributed by atoms with van der Waals surface area (Å²) in [6.45, 7) is 9.16. The Kier molecular flexibility index (Phi) is 7.09. The zero-order chi connectivity index (χ0) is 23.4. The molecule has 5 nitrogen and oxygen atoms in total. The third-order valence-electron chi connectivity index (χ3n) is 11.1. The fraction of sp³-hybridized carbons (Fsp3) is 1.00. The Hall–Kier alpha value is -0.200. The lowest BCUT2D eigenvalue weighted by Crippen LogP contribution is -2.59. The molecule has 4 aliphatic rings. The molecule has 0 saturated heterocycles. The summed E-state index contributed by atoms with van der Waals surface area (Å²) in [4.78, 5) is 0. The van der Waals surface area contributed by atoms with Gasteiger partial charge in [0.1, 0.15) is 0 Å². The van der Waals surface area contributed by atoms with Crippen molar-refractivity contribution in [3.05, 3.63) is 0 Å². The first-order valence-electron chi connectivity index (χ1n) is 13.4. The van der Waals surface area contributed by atoms with E-state index in [0.29, 0.717) is 30.6 Å². The minimum absolute atomic E-state index is 0.0116. The maximum atomic E-state index is 11.4. The Morgan fingerprint density at radius 3 is 2.22 bits per heavy atom. The maximum Gasteiger partial charge on any atom is 0.0838 e. The Balaban J connectivity index is 1.55. The van der Waals surface area contributed by atoms with E-state index in [2.05, 4.69) is 27.7 Å². The standard InChI is InChI=1S/C27H48O5/c1-15(14-28)6-5-7-16(2)22-24(31)25(32)23-18-13-21(30)20-12-17(29)8-10-26(20,3)19(18)9-11-27(22,23)4/h15-25,28-32H,5-14H2,1-4H3/t15-,16+,17-,18+,19-,20+,21-,22-,23+,24+,25-,26+,27+/m0/s1. The molecule has 13 atom stereocenters. The second-order valence-corrected chi connectivity index (χ2v) is 12.9. The fourth-order valence-corrected chi connectivity index (χ4v) is 9.45. The van der Waals surface area contributed by atoms with Crippen LogP contribution < -0.4 is 0 Å². The van der Waals surface area contributed by atoms with Gasteiger partial charge in [0.15, 0.2) is 0 Å². The molecule has 0 unspecified atom stereocenters. The van der Waals surface area contributed by atoms with Crippen molar-refractivity contribution in [1.29, 1.82) is 0 Å². The minimum Gasteiger partial charge on any atom is -0.396 e. The van der Waals surface area contributed by atoms with Crippen molar-refractivity contribution < 1.29 is 25.5 Å². The van der Waals surface area contributed by atoms with Crippen LogP contribution in [-0.4, -0.2) is 56.6 Å². The molecule has 0 bridgehead atoms. The first-order valence-corrected chi connectivity index (χ1v) is 13.4. The van der Waals surface area contributed by atoms with E-state index in [-0.39, 0.29) is 47.2 Å². The largest absolute Gasteiger partial charge is 0.396 e. The van der Waals surface area contributed by atoms with Gasteiger partial charge in [0.25, 0.3) is 0 Å². The molecular formula is C27H48O5. The summed E-state index contributed by atoms with van der Waals surface area (Å²) >= 11 is 0. The van der Waals surface area contributed by atoms with Gasteiger partial charge in [-0.3, -0.25) is 0 Å². The van der Waals surface area contributed by atoms with Crippen molar-refractivity contribution in [3.63, 3.8) is 0 Å². The number of rotatable bonds is 6. The molecule has 0 aliphatic heterocycles. The van der Waals surface area contributed by atoms with E-state index in [4.69, 9.17) is 0 Å². The van der Waals surface area contributed by atoms with Crippen molar-refractivity contribution in [1.82, 2.24) is 0 Å². The molecule has 4 aliphatic carbocycles. The zero-order valence-electron chi connectivity index (χ0n) is 20.7. The highest BCUT2D eigenvalue weighted by Gasteiger charge is 2.67. The summed E-state index contributed by atoms with van der Waals surface area (Å²) in [6, 6.07) is 0. The van der Waals surface area contributed by atoms with Crippen LogP contribution in [0.5, 0.6) is 0 Å². The first-order chi connectivity index (χ1) is 15.0. The topological polar surface area (TPSA) is 101 Å². The summed E-state index contributed by atoms with van der Waals surface area (Å²) in [5.41, 5.74) is -0.100. The molecule has 0 aromatic carbocycles. The highest BCUT2D eigenvalue weighted by Crippen LogP contribution is 2.68. The van der Waals surface area contributed by atoms with E-state index in [1.165, 1.54) is 0 Å². The van der Waals surface area contributed by atoms with Crippen molar-refractivity contribution in [2.45, 2.75) is 110 Å². The van der Waals surface area contributed by atoms with Gasteiger partial charge >= 0.3 is 0 Å². The van der Waals surface area contributed by atoms with E-state index < -0.39 is 18.3 Å². The molecule has 4 rings (SSSR count). The number of aliphatic hydroxyl groups excluding tert-OH is 5. The van der Waals surface area contributed by atoms with Gasteiger partial charge in [0.2, 0.25) is 0 Å².